The molecule has 1 unspecified atom stereocenters. The predicted molar refractivity (Wildman–Crippen MR) is 72.8 cm³/mol. The standard InChI is InChI=1S/C10H11NO.Ce.3ClH.7H2O/c12-10-4-3-8(6-10)9-2-1-5-11-7-9;;;;;;;;;;;/h1-2,5-7,10,12H,3-4H2;;3*1H;7*1H2/q;+3;;;;;;;;;;/p-3. The van der Waals surface area contributed by atoms with E-state index in [-0.39, 0.29) is 123 Å². The molecule has 1 aromatic heterocycles. The molecule has 9 nitrogen and oxygen atoms in total. The van der Waals surface area contributed by atoms with Crippen LogP contribution in [-0.2, 0) is 0 Å². The van der Waals surface area contributed by atoms with Crippen molar-refractivity contribution in [3.05, 3.63) is 36.2 Å². The van der Waals surface area contributed by atoms with Gasteiger partial charge in [-0.2, -0.15) is 0 Å². The van der Waals surface area contributed by atoms with Crippen LogP contribution >= 0.6 is 0 Å². The van der Waals surface area contributed by atoms with Gasteiger partial charge in [-0.25, -0.2) is 0 Å². The van der Waals surface area contributed by atoms with Gasteiger partial charge >= 0.3 is 41.7 Å². The molecule has 2 rings (SSSR count). The van der Waals surface area contributed by atoms with Crippen molar-refractivity contribution >= 4 is 5.57 Å². The van der Waals surface area contributed by atoms with Gasteiger partial charge in [-0.15, -0.1) is 0 Å². The summed E-state index contributed by atoms with van der Waals surface area (Å²) in [4.78, 5) is 4.03. The number of hydrogen-bond donors (Lipinski definition) is 1. The predicted octanol–water partition coefficient (Wildman–Crippen LogP) is -13.1. The minimum Gasteiger partial charge on any atom is -1.00 e. The summed E-state index contributed by atoms with van der Waals surface area (Å²) in [6, 6.07) is 3.94. The van der Waals surface area contributed by atoms with E-state index in [2.05, 4.69) is 4.98 Å². The minimum absolute atomic E-state index is 0. The molecule has 1 aliphatic rings. The van der Waals surface area contributed by atoms with Crippen LogP contribution in [0.2, 0.25) is 0 Å². The summed E-state index contributed by atoms with van der Waals surface area (Å²) in [6.07, 6.45) is 7.08. The summed E-state index contributed by atoms with van der Waals surface area (Å²) in [5.41, 5.74) is 2.35. The van der Waals surface area contributed by atoms with Crippen molar-refractivity contribution in [1.82, 2.24) is 4.98 Å². The zero-order valence-corrected chi connectivity index (χ0v) is 17.3. The summed E-state index contributed by atoms with van der Waals surface area (Å²) in [6.45, 7) is 0. The molecule has 0 aromatic carbocycles. The SMILES string of the molecule is O.O.O.O.O.O.O.OC1C=C(c2cccnc2)CC1.[Ce+3].[Cl-].[Cl-].[Cl-]. The van der Waals surface area contributed by atoms with E-state index in [1.165, 1.54) is 5.57 Å². The van der Waals surface area contributed by atoms with Crippen LogP contribution in [0.15, 0.2) is 30.6 Å². The number of allylic oxidation sites excluding steroid dienone is 1. The Morgan fingerprint density at radius 3 is 1.70 bits per heavy atom. The van der Waals surface area contributed by atoms with Crippen LogP contribution in [-0.4, -0.2) is 54.5 Å². The molecule has 143 valence electrons. The summed E-state index contributed by atoms with van der Waals surface area (Å²) in [5.74, 6) is 0. The average molecular weight is 534 g/mol. The number of aromatic nitrogens is 1. The Bertz CT molecular complexity index is 324. The van der Waals surface area contributed by atoms with Crippen molar-refractivity contribution in [2.24, 2.45) is 0 Å². The first-order valence-corrected chi connectivity index (χ1v) is 4.15. The van der Waals surface area contributed by atoms with Gasteiger partial charge in [0.1, 0.15) is 0 Å². The number of aliphatic hydroxyl groups is 1. The van der Waals surface area contributed by atoms with E-state index in [9.17, 15) is 5.11 Å². The Balaban J connectivity index is -0.0000000192. The van der Waals surface area contributed by atoms with Crippen LogP contribution in [0.5, 0.6) is 0 Å². The summed E-state index contributed by atoms with van der Waals surface area (Å²) >= 11 is 0. The third-order valence-electron chi connectivity index (χ3n) is 2.14. The maximum Gasteiger partial charge on any atom is 3.00 e. The Kier molecular flexibility index (Phi) is 96.6. The van der Waals surface area contributed by atoms with Gasteiger partial charge in [0.05, 0.1) is 6.10 Å². The average Bonchev–Trinajstić information content (AvgIpc) is 2.54. The second kappa shape index (κ2) is 34.2. The fourth-order valence-electron chi connectivity index (χ4n) is 1.50. The molecule has 0 amide bonds. The van der Waals surface area contributed by atoms with Gasteiger partial charge in [-0.05, 0) is 30.0 Å². The molecule has 1 radical (unpaired) electrons. The van der Waals surface area contributed by atoms with E-state index in [1.807, 2.05) is 24.4 Å². The normalized spacial score (nSPS) is 11.7. The molecule has 23 heavy (non-hydrogen) atoms. The number of nitrogens with zero attached hydrogens (tertiary/aromatic N) is 1. The third kappa shape index (κ3) is 20.8. The second-order valence-corrected chi connectivity index (χ2v) is 3.04. The quantitative estimate of drug-likeness (QED) is 0.369. The van der Waals surface area contributed by atoms with E-state index in [0.29, 0.717) is 0 Å². The van der Waals surface area contributed by atoms with Crippen molar-refractivity contribution in [3.8, 4) is 0 Å². The van der Waals surface area contributed by atoms with Crippen LogP contribution in [0.25, 0.3) is 5.57 Å². The Morgan fingerprint density at radius 2 is 1.39 bits per heavy atom. The zero-order valence-electron chi connectivity index (χ0n) is 11.9. The van der Waals surface area contributed by atoms with Gasteiger partial charge in [0.2, 0.25) is 0 Å². The molecule has 0 saturated heterocycles. The maximum atomic E-state index is 9.26. The molecule has 1 aliphatic carbocycles. The fraction of sp³-hybridized carbons (Fsp3) is 0.300. The van der Waals surface area contributed by atoms with Crippen molar-refractivity contribution in [2.75, 3.05) is 0 Å². The zero-order chi connectivity index (χ0) is 8.39. The summed E-state index contributed by atoms with van der Waals surface area (Å²) in [5, 5.41) is 9.26. The van der Waals surface area contributed by atoms with Gasteiger partial charge in [-0.1, -0.05) is 12.1 Å². The number of pyridine rings is 1. The fourth-order valence-corrected chi connectivity index (χ4v) is 1.50. The Hall–Kier alpha value is 0.817. The number of halogens is 3. The van der Waals surface area contributed by atoms with E-state index in [4.69, 9.17) is 0 Å². The monoisotopic (exact) mass is 532 g/mol. The van der Waals surface area contributed by atoms with Crippen molar-refractivity contribution in [2.45, 2.75) is 18.9 Å². The van der Waals surface area contributed by atoms with Crippen LogP contribution in [0, 0.1) is 41.7 Å². The van der Waals surface area contributed by atoms with E-state index < -0.39 is 0 Å². The largest absolute Gasteiger partial charge is 3.00 e. The van der Waals surface area contributed by atoms with Gasteiger partial charge in [-0.3, -0.25) is 4.98 Å². The molecule has 15 N–H and O–H groups in total. The number of aliphatic hydroxyl groups excluding tert-OH is 1. The van der Waals surface area contributed by atoms with Crippen LogP contribution in [0.1, 0.15) is 18.4 Å². The molecule has 0 aliphatic heterocycles. The van der Waals surface area contributed by atoms with Gasteiger partial charge < -0.3 is 80.7 Å². The number of rotatable bonds is 1. The molecule has 0 fully saturated rings. The van der Waals surface area contributed by atoms with E-state index in [1.54, 1.807) is 6.20 Å². The van der Waals surface area contributed by atoms with E-state index >= 15 is 0 Å². The third-order valence-corrected chi connectivity index (χ3v) is 2.14. The summed E-state index contributed by atoms with van der Waals surface area (Å²) < 4.78 is 0. The molecule has 13 heteroatoms. The smallest absolute Gasteiger partial charge is 1.00 e. The van der Waals surface area contributed by atoms with Crippen LogP contribution in [0.4, 0.5) is 0 Å². The van der Waals surface area contributed by atoms with Crippen molar-refractivity contribution in [1.29, 1.82) is 0 Å². The van der Waals surface area contributed by atoms with Gasteiger partial charge in [0, 0.05) is 12.4 Å². The molecular formula is C10H25CeCl3NO8. The molecule has 1 atom stereocenters. The first-order valence-electron chi connectivity index (χ1n) is 4.15. The van der Waals surface area contributed by atoms with Crippen LogP contribution < -0.4 is 37.2 Å². The molecule has 0 bridgehead atoms. The van der Waals surface area contributed by atoms with Crippen molar-refractivity contribution in [3.63, 3.8) is 0 Å². The minimum atomic E-state index is -0.250. The molecule has 1 heterocycles. The maximum absolute atomic E-state index is 9.26. The van der Waals surface area contributed by atoms with Crippen LogP contribution in [0.3, 0.4) is 0 Å². The Morgan fingerprint density at radius 1 is 0.913 bits per heavy atom. The summed E-state index contributed by atoms with van der Waals surface area (Å²) in [7, 11) is 0. The van der Waals surface area contributed by atoms with Crippen molar-refractivity contribution < 1.29 is 122 Å². The molecular weight excluding hydrogens is 509 g/mol. The topological polar surface area (TPSA) is 254 Å². The first-order chi connectivity index (χ1) is 5.86. The van der Waals surface area contributed by atoms with E-state index in [0.717, 1.165) is 18.4 Å². The second-order valence-electron chi connectivity index (χ2n) is 3.04. The molecule has 0 spiro atoms. The number of hydrogen-bond acceptors (Lipinski definition) is 2. The molecule has 1 aromatic rings. The van der Waals surface area contributed by atoms with Gasteiger partial charge in [0.25, 0.3) is 0 Å². The molecule has 0 saturated carbocycles. The first kappa shape index (κ1) is 64.9. The van der Waals surface area contributed by atoms with Gasteiger partial charge in [0.15, 0.2) is 0 Å². The Labute approximate surface area is 186 Å².